The van der Waals surface area contributed by atoms with Gasteiger partial charge in [0.25, 0.3) is 0 Å². The summed E-state index contributed by atoms with van der Waals surface area (Å²) in [5.41, 5.74) is -1.10. The maximum atomic E-state index is 11.9. The zero-order chi connectivity index (χ0) is 15.8. The number of rotatable bonds is 9. The van der Waals surface area contributed by atoms with E-state index in [2.05, 4.69) is 0 Å². The number of hydrogen-bond donors (Lipinski definition) is 1. The molecule has 0 saturated heterocycles. The average molecular weight is 288 g/mol. The van der Waals surface area contributed by atoms with Crippen LogP contribution in [0.3, 0.4) is 0 Å². The molecule has 0 aliphatic rings. The Balaban J connectivity index is 3.88. The molecule has 0 fully saturated rings. The minimum Gasteiger partial charge on any atom is -0.481 e. The predicted molar refractivity (Wildman–Crippen MR) is 76.0 cm³/mol. The molecule has 0 aromatic heterocycles. The van der Waals surface area contributed by atoms with Crippen molar-refractivity contribution < 1.29 is 24.5 Å². The Morgan fingerprint density at radius 3 is 2.00 bits per heavy atom. The monoisotopic (exact) mass is 288 g/mol. The van der Waals surface area contributed by atoms with Crippen molar-refractivity contribution in [3.05, 3.63) is 0 Å². The molecule has 0 heterocycles. The first kappa shape index (κ1) is 18.9. The fourth-order valence-electron chi connectivity index (χ4n) is 1.57. The van der Waals surface area contributed by atoms with Crippen LogP contribution in [0.1, 0.15) is 73.1 Å². The van der Waals surface area contributed by atoms with Gasteiger partial charge in [0.2, 0.25) is 0 Å². The fourth-order valence-corrected chi connectivity index (χ4v) is 1.57. The van der Waals surface area contributed by atoms with E-state index < -0.39 is 17.0 Å². The first-order valence-corrected chi connectivity index (χ1v) is 7.16. The van der Waals surface area contributed by atoms with Gasteiger partial charge in [0.05, 0.1) is 5.41 Å². The van der Waals surface area contributed by atoms with Crippen molar-refractivity contribution in [2.24, 2.45) is 5.41 Å². The molecule has 0 bridgehead atoms. The third-order valence-corrected chi connectivity index (χ3v) is 2.86. The van der Waals surface area contributed by atoms with Crippen LogP contribution in [0, 0.1) is 5.41 Å². The van der Waals surface area contributed by atoms with Gasteiger partial charge < -0.3 is 5.11 Å². The van der Waals surface area contributed by atoms with Gasteiger partial charge in [0, 0.05) is 6.42 Å². The number of carboxylic acids is 1. The largest absolute Gasteiger partial charge is 0.481 e. The lowest BCUT2D eigenvalue weighted by atomic mass is 9.87. The summed E-state index contributed by atoms with van der Waals surface area (Å²) >= 11 is 0. The van der Waals surface area contributed by atoms with Gasteiger partial charge in [-0.3, -0.25) is 9.68 Å². The highest BCUT2D eigenvalue weighted by molar-refractivity contribution is 5.75. The predicted octanol–water partition coefficient (Wildman–Crippen LogP) is 3.71. The standard InChI is InChI=1S/C15H28O5/c1-14(2,3)20-19-13(18)15(4,5)11-9-7-6-8-10-12(16)17/h6-11H2,1-5H3,(H,16,17). The van der Waals surface area contributed by atoms with E-state index in [-0.39, 0.29) is 12.4 Å². The van der Waals surface area contributed by atoms with E-state index in [0.717, 1.165) is 19.3 Å². The summed E-state index contributed by atoms with van der Waals surface area (Å²) in [5, 5.41) is 8.52. The summed E-state index contributed by atoms with van der Waals surface area (Å²) in [6, 6.07) is 0. The molecule has 0 rings (SSSR count). The second kappa shape index (κ2) is 8.25. The lowest BCUT2D eigenvalue weighted by Crippen LogP contribution is -2.30. The zero-order valence-corrected chi connectivity index (χ0v) is 13.3. The van der Waals surface area contributed by atoms with Gasteiger partial charge in [-0.2, -0.15) is 4.89 Å². The van der Waals surface area contributed by atoms with Gasteiger partial charge in [-0.05, 0) is 47.5 Å². The van der Waals surface area contributed by atoms with Crippen molar-refractivity contribution >= 4 is 11.9 Å². The van der Waals surface area contributed by atoms with Crippen molar-refractivity contribution in [3.63, 3.8) is 0 Å². The highest BCUT2D eigenvalue weighted by Gasteiger charge is 2.31. The average Bonchev–Trinajstić information content (AvgIpc) is 2.29. The summed E-state index contributed by atoms with van der Waals surface area (Å²) in [6.45, 7) is 9.11. The number of aliphatic carboxylic acids is 1. The summed E-state index contributed by atoms with van der Waals surface area (Å²) in [4.78, 5) is 32.2. The minimum atomic E-state index is -0.756. The van der Waals surface area contributed by atoms with Crippen LogP contribution in [-0.4, -0.2) is 22.6 Å². The van der Waals surface area contributed by atoms with Crippen molar-refractivity contribution in [3.8, 4) is 0 Å². The molecule has 0 aromatic carbocycles. The van der Waals surface area contributed by atoms with E-state index in [1.54, 1.807) is 0 Å². The molecule has 0 aliphatic heterocycles. The van der Waals surface area contributed by atoms with Crippen molar-refractivity contribution in [2.75, 3.05) is 0 Å². The van der Waals surface area contributed by atoms with E-state index >= 15 is 0 Å². The molecular weight excluding hydrogens is 260 g/mol. The molecule has 0 radical (unpaired) electrons. The van der Waals surface area contributed by atoms with Crippen molar-refractivity contribution in [1.82, 2.24) is 0 Å². The van der Waals surface area contributed by atoms with E-state index in [0.29, 0.717) is 12.8 Å². The summed E-state index contributed by atoms with van der Waals surface area (Å²) < 4.78 is 0. The van der Waals surface area contributed by atoms with E-state index in [9.17, 15) is 9.59 Å². The minimum absolute atomic E-state index is 0.213. The molecule has 118 valence electrons. The van der Waals surface area contributed by atoms with E-state index in [4.69, 9.17) is 14.9 Å². The van der Waals surface area contributed by atoms with Crippen LogP contribution in [0.2, 0.25) is 0 Å². The molecule has 0 saturated carbocycles. The van der Waals surface area contributed by atoms with Crippen molar-refractivity contribution in [2.45, 2.75) is 78.7 Å². The molecule has 0 spiro atoms. The lowest BCUT2D eigenvalue weighted by molar-refractivity contribution is -0.326. The van der Waals surface area contributed by atoms with Crippen LogP contribution in [0.25, 0.3) is 0 Å². The van der Waals surface area contributed by atoms with Gasteiger partial charge in [0.15, 0.2) is 0 Å². The first-order chi connectivity index (χ1) is 9.04. The van der Waals surface area contributed by atoms with Crippen LogP contribution in [0.5, 0.6) is 0 Å². The van der Waals surface area contributed by atoms with E-state index in [1.807, 2.05) is 34.6 Å². The van der Waals surface area contributed by atoms with Gasteiger partial charge in [-0.25, -0.2) is 4.79 Å². The highest BCUT2D eigenvalue weighted by atomic mass is 17.2. The molecule has 0 aliphatic carbocycles. The smallest absolute Gasteiger partial charge is 0.347 e. The summed E-state index contributed by atoms with van der Waals surface area (Å²) in [6.07, 6.45) is 4.27. The van der Waals surface area contributed by atoms with Gasteiger partial charge in [-0.15, -0.1) is 0 Å². The van der Waals surface area contributed by atoms with E-state index in [1.165, 1.54) is 0 Å². The molecule has 0 atom stereocenters. The van der Waals surface area contributed by atoms with Gasteiger partial charge >= 0.3 is 11.9 Å². The van der Waals surface area contributed by atoms with Gasteiger partial charge in [0.1, 0.15) is 5.60 Å². The summed E-state index contributed by atoms with van der Waals surface area (Å²) in [7, 11) is 0. The number of carbonyl (C=O) groups is 2. The first-order valence-electron chi connectivity index (χ1n) is 7.16. The Morgan fingerprint density at radius 1 is 0.950 bits per heavy atom. The number of carboxylic acid groups (broad SMARTS) is 1. The molecule has 5 heteroatoms. The highest BCUT2D eigenvalue weighted by Crippen LogP contribution is 2.26. The normalized spacial score (nSPS) is 12.2. The molecule has 0 aromatic rings. The third-order valence-electron chi connectivity index (χ3n) is 2.86. The Hall–Kier alpha value is -1.10. The van der Waals surface area contributed by atoms with Gasteiger partial charge in [-0.1, -0.05) is 19.3 Å². The maximum Gasteiger partial charge on any atom is 0.347 e. The van der Waals surface area contributed by atoms with Crippen LogP contribution < -0.4 is 0 Å². The molecule has 5 nitrogen and oxygen atoms in total. The fraction of sp³-hybridized carbons (Fsp3) is 0.867. The number of unbranched alkanes of at least 4 members (excludes halogenated alkanes) is 3. The molecule has 20 heavy (non-hydrogen) atoms. The molecular formula is C15H28O5. The second-order valence-electron chi connectivity index (χ2n) is 6.76. The van der Waals surface area contributed by atoms with Crippen LogP contribution in [-0.2, 0) is 19.4 Å². The second-order valence-corrected chi connectivity index (χ2v) is 6.76. The number of carbonyl (C=O) groups excluding carboxylic acids is 1. The SMILES string of the molecule is CC(C)(C)OOC(=O)C(C)(C)CCCCCCC(=O)O. The Morgan fingerprint density at radius 2 is 1.50 bits per heavy atom. The van der Waals surface area contributed by atoms with Crippen LogP contribution in [0.15, 0.2) is 0 Å². The van der Waals surface area contributed by atoms with Crippen LogP contribution >= 0.6 is 0 Å². The number of hydrogen-bond acceptors (Lipinski definition) is 4. The summed E-state index contributed by atoms with van der Waals surface area (Å²) in [5.74, 6) is -1.12. The topological polar surface area (TPSA) is 72.8 Å². The third kappa shape index (κ3) is 9.78. The Labute approximate surface area is 121 Å². The van der Waals surface area contributed by atoms with Crippen molar-refractivity contribution in [1.29, 1.82) is 0 Å². The lowest BCUT2D eigenvalue weighted by Gasteiger charge is -2.24. The maximum absolute atomic E-state index is 11.9. The molecule has 1 N–H and O–H groups in total. The molecule has 0 unspecified atom stereocenters. The Kier molecular flexibility index (Phi) is 7.79. The Bertz CT molecular complexity index is 315. The van der Waals surface area contributed by atoms with Crippen LogP contribution in [0.4, 0.5) is 0 Å². The quantitative estimate of drug-likeness (QED) is 0.398. The zero-order valence-electron chi connectivity index (χ0n) is 13.3. The molecule has 0 amide bonds.